The normalized spacial score (nSPS) is 25.2. The van der Waals surface area contributed by atoms with Crippen molar-refractivity contribution in [2.24, 2.45) is 0 Å². The summed E-state index contributed by atoms with van der Waals surface area (Å²) in [5, 5.41) is 12.4. The lowest BCUT2D eigenvalue weighted by molar-refractivity contribution is -0.132. The van der Waals surface area contributed by atoms with Crippen LogP contribution in [-0.2, 0) is 4.79 Å². The van der Waals surface area contributed by atoms with E-state index in [0.717, 1.165) is 25.9 Å². The van der Waals surface area contributed by atoms with E-state index < -0.39 is 0 Å². The molecule has 1 heterocycles. The number of nitrogens with zero attached hydrogens (tertiary/aromatic N) is 1. The number of carbonyl (C=O) groups excluding carboxylic acids is 1. The fourth-order valence-corrected chi connectivity index (χ4v) is 1.68. The Balaban J connectivity index is 2.17. The number of likely N-dealkylation sites (N-methyl/N-ethyl adjacent to an activating group) is 1. The van der Waals surface area contributed by atoms with Crippen molar-refractivity contribution in [1.82, 2.24) is 10.2 Å². The molecule has 82 valence electrons. The van der Waals surface area contributed by atoms with Crippen molar-refractivity contribution >= 4 is 5.91 Å². The standard InChI is InChI=1S/C10H20N2O2/c1-8(13)5-6-11-9-3-4-10(14)12(2)7-9/h8-9,11,13H,3-7H2,1-2H3. The molecule has 1 aliphatic rings. The Morgan fingerprint density at radius 2 is 2.43 bits per heavy atom. The number of hydrogen-bond donors (Lipinski definition) is 2. The molecular weight excluding hydrogens is 180 g/mol. The average molecular weight is 200 g/mol. The number of hydrogen-bond acceptors (Lipinski definition) is 3. The number of amides is 1. The Morgan fingerprint density at radius 3 is 3.00 bits per heavy atom. The SMILES string of the molecule is CC(O)CCNC1CCC(=O)N(C)C1. The van der Waals surface area contributed by atoms with Crippen LogP contribution in [0.25, 0.3) is 0 Å². The van der Waals surface area contributed by atoms with E-state index in [1.165, 1.54) is 0 Å². The zero-order chi connectivity index (χ0) is 10.6. The van der Waals surface area contributed by atoms with Crippen molar-refractivity contribution in [3.63, 3.8) is 0 Å². The van der Waals surface area contributed by atoms with Gasteiger partial charge in [0, 0.05) is 26.1 Å². The van der Waals surface area contributed by atoms with Crippen LogP contribution in [0.1, 0.15) is 26.2 Å². The molecule has 0 aromatic heterocycles. The van der Waals surface area contributed by atoms with E-state index in [1.54, 1.807) is 11.8 Å². The molecule has 0 bridgehead atoms. The first kappa shape index (κ1) is 11.5. The molecule has 1 amide bonds. The number of nitrogens with one attached hydrogen (secondary N) is 1. The van der Waals surface area contributed by atoms with Crippen LogP contribution >= 0.6 is 0 Å². The van der Waals surface area contributed by atoms with Crippen LogP contribution in [-0.4, -0.2) is 48.2 Å². The minimum atomic E-state index is -0.245. The van der Waals surface area contributed by atoms with Gasteiger partial charge < -0.3 is 15.3 Å². The molecule has 1 saturated heterocycles. The summed E-state index contributed by atoms with van der Waals surface area (Å²) < 4.78 is 0. The quantitative estimate of drug-likeness (QED) is 0.670. The van der Waals surface area contributed by atoms with Crippen LogP contribution in [0.2, 0.25) is 0 Å². The smallest absolute Gasteiger partial charge is 0.222 e. The molecule has 0 spiro atoms. The first-order valence-electron chi connectivity index (χ1n) is 5.25. The molecule has 2 atom stereocenters. The highest BCUT2D eigenvalue weighted by atomic mass is 16.3. The van der Waals surface area contributed by atoms with E-state index in [1.807, 2.05) is 7.05 Å². The number of aliphatic hydroxyl groups is 1. The van der Waals surface area contributed by atoms with Gasteiger partial charge in [0.1, 0.15) is 0 Å². The third kappa shape index (κ3) is 3.64. The first-order valence-corrected chi connectivity index (χ1v) is 5.25. The summed E-state index contributed by atoms with van der Waals surface area (Å²) in [7, 11) is 1.84. The summed E-state index contributed by atoms with van der Waals surface area (Å²) in [6.07, 6.45) is 2.09. The van der Waals surface area contributed by atoms with Crippen LogP contribution < -0.4 is 5.32 Å². The molecule has 0 aromatic rings. The van der Waals surface area contributed by atoms with E-state index in [0.29, 0.717) is 12.5 Å². The van der Waals surface area contributed by atoms with Crippen molar-refractivity contribution in [2.45, 2.75) is 38.3 Å². The molecule has 0 radical (unpaired) electrons. The monoisotopic (exact) mass is 200 g/mol. The van der Waals surface area contributed by atoms with E-state index in [4.69, 9.17) is 5.11 Å². The maximum Gasteiger partial charge on any atom is 0.222 e. The Kier molecular flexibility index (Phi) is 4.35. The summed E-state index contributed by atoms with van der Waals surface area (Å²) in [6, 6.07) is 0.399. The van der Waals surface area contributed by atoms with Gasteiger partial charge >= 0.3 is 0 Å². The maximum absolute atomic E-state index is 11.2. The molecule has 2 unspecified atom stereocenters. The molecule has 0 aliphatic carbocycles. The van der Waals surface area contributed by atoms with Crippen molar-refractivity contribution in [2.75, 3.05) is 20.1 Å². The minimum absolute atomic E-state index is 0.235. The van der Waals surface area contributed by atoms with Crippen LogP contribution in [0.15, 0.2) is 0 Å². The third-order valence-corrected chi connectivity index (χ3v) is 2.62. The van der Waals surface area contributed by atoms with Gasteiger partial charge in [-0.3, -0.25) is 4.79 Å². The summed E-state index contributed by atoms with van der Waals surface area (Å²) in [4.78, 5) is 12.9. The van der Waals surface area contributed by atoms with Gasteiger partial charge in [0.15, 0.2) is 0 Å². The molecule has 4 nitrogen and oxygen atoms in total. The fourth-order valence-electron chi connectivity index (χ4n) is 1.68. The lowest BCUT2D eigenvalue weighted by Crippen LogP contribution is -2.47. The molecule has 14 heavy (non-hydrogen) atoms. The van der Waals surface area contributed by atoms with E-state index in [9.17, 15) is 4.79 Å². The Bertz CT molecular complexity index is 195. The van der Waals surface area contributed by atoms with E-state index in [2.05, 4.69) is 5.32 Å². The molecule has 4 heteroatoms. The van der Waals surface area contributed by atoms with Gasteiger partial charge in [0.05, 0.1) is 6.10 Å². The minimum Gasteiger partial charge on any atom is -0.393 e. The van der Waals surface area contributed by atoms with Crippen LogP contribution in [0.5, 0.6) is 0 Å². The van der Waals surface area contributed by atoms with Gasteiger partial charge in [-0.1, -0.05) is 0 Å². The summed E-state index contributed by atoms with van der Waals surface area (Å²) >= 11 is 0. The van der Waals surface area contributed by atoms with E-state index >= 15 is 0 Å². The maximum atomic E-state index is 11.2. The summed E-state index contributed by atoms with van der Waals surface area (Å²) in [5.41, 5.74) is 0. The average Bonchev–Trinajstić information content (AvgIpc) is 2.10. The molecule has 0 aromatic carbocycles. The zero-order valence-electron chi connectivity index (χ0n) is 8.99. The second-order valence-electron chi connectivity index (χ2n) is 4.10. The number of piperidine rings is 1. The van der Waals surface area contributed by atoms with Crippen LogP contribution in [0, 0.1) is 0 Å². The van der Waals surface area contributed by atoms with Gasteiger partial charge in [-0.25, -0.2) is 0 Å². The second-order valence-corrected chi connectivity index (χ2v) is 4.10. The molecule has 2 N–H and O–H groups in total. The van der Waals surface area contributed by atoms with Crippen molar-refractivity contribution < 1.29 is 9.90 Å². The highest BCUT2D eigenvalue weighted by Crippen LogP contribution is 2.09. The van der Waals surface area contributed by atoms with Crippen molar-refractivity contribution in [3.8, 4) is 0 Å². The molecule has 1 aliphatic heterocycles. The summed E-state index contributed by atoms with van der Waals surface area (Å²) in [6.45, 7) is 3.40. The van der Waals surface area contributed by atoms with Crippen LogP contribution in [0.3, 0.4) is 0 Å². The fraction of sp³-hybridized carbons (Fsp3) is 0.900. The van der Waals surface area contributed by atoms with Crippen molar-refractivity contribution in [1.29, 1.82) is 0 Å². The number of likely N-dealkylation sites (tertiary alicyclic amines) is 1. The number of aliphatic hydroxyl groups excluding tert-OH is 1. The van der Waals surface area contributed by atoms with Gasteiger partial charge in [0.25, 0.3) is 0 Å². The lowest BCUT2D eigenvalue weighted by Gasteiger charge is -2.30. The zero-order valence-corrected chi connectivity index (χ0v) is 8.99. The molecule has 1 fully saturated rings. The van der Waals surface area contributed by atoms with Gasteiger partial charge in [-0.15, -0.1) is 0 Å². The lowest BCUT2D eigenvalue weighted by atomic mass is 10.1. The highest BCUT2D eigenvalue weighted by Gasteiger charge is 2.21. The topological polar surface area (TPSA) is 52.6 Å². The summed E-state index contributed by atoms with van der Waals surface area (Å²) in [5.74, 6) is 0.235. The van der Waals surface area contributed by atoms with Crippen molar-refractivity contribution in [3.05, 3.63) is 0 Å². The number of carbonyl (C=O) groups is 1. The highest BCUT2D eigenvalue weighted by molar-refractivity contribution is 5.76. The predicted octanol–water partition coefficient (Wildman–Crippen LogP) is -0.0323. The van der Waals surface area contributed by atoms with Gasteiger partial charge in [0.2, 0.25) is 5.91 Å². The third-order valence-electron chi connectivity index (χ3n) is 2.62. The molecule has 0 saturated carbocycles. The molecular formula is C10H20N2O2. The predicted molar refractivity (Wildman–Crippen MR) is 55.0 cm³/mol. The Morgan fingerprint density at radius 1 is 1.71 bits per heavy atom. The van der Waals surface area contributed by atoms with Gasteiger partial charge in [-0.2, -0.15) is 0 Å². The number of rotatable bonds is 4. The molecule has 1 rings (SSSR count). The van der Waals surface area contributed by atoms with Crippen LogP contribution in [0.4, 0.5) is 0 Å². The van der Waals surface area contributed by atoms with E-state index in [-0.39, 0.29) is 12.0 Å². The largest absolute Gasteiger partial charge is 0.393 e. The van der Waals surface area contributed by atoms with Gasteiger partial charge in [-0.05, 0) is 26.3 Å². The second kappa shape index (κ2) is 5.32. The first-order chi connectivity index (χ1) is 6.59. The Hall–Kier alpha value is -0.610. The Labute approximate surface area is 85.3 Å².